The average Bonchev–Trinajstić information content (AvgIpc) is 2.95. The molecule has 4 aromatic rings. The number of carbonyl (C=O) groups excluding carboxylic acids is 3. The minimum atomic E-state index is -0.720. The molecule has 8 nitrogen and oxygen atoms in total. The number of unbranched alkanes of at least 4 members (excludes halogenated alkanes) is 1. The van der Waals surface area contributed by atoms with Gasteiger partial charge in [-0.15, -0.1) is 0 Å². The molecule has 206 valence electrons. The van der Waals surface area contributed by atoms with E-state index >= 15 is 0 Å². The molecule has 4 aromatic carbocycles. The summed E-state index contributed by atoms with van der Waals surface area (Å²) in [4.78, 5) is 37.1. The van der Waals surface area contributed by atoms with Crippen molar-refractivity contribution in [1.29, 1.82) is 0 Å². The first-order valence-corrected chi connectivity index (χ1v) is 13.2. The summed E-state index contributed by atoms with van der Waals surface area (Å²) in [5, 5.41) is 8.88. The molecule has 0 aromatic heterocycles. The molecule has 2 amide bonds. The van der Waals surface area contributed by atoms with Crippen molar-refractivity contribution in [3.63, 3.8) is 0 Å². The van der Waals surface area contributed by atoms with E-state index in [1.807, 2.05) is 67.6 Å². The van der Waals surface area contributed by atoms with Crippen LogP contribution in [0.25, 0.3) is 32.7 Å². The second-order valence-electron chi connectivity index (χ2n) is 9.22. The largest absolute Gasteiger partial charge is 0.460 e. The predicted octanol–water partition coefficient (Wildman–Crippen LogP) is 6.76. The van der Waals surface area contributed by atoms with Crippen molar-refractivity contribution in [3.8, 4) is 22.6 Å². The molecule has 0 unspecified atom stereocenters. The smallest absolute Gasteiger partial charge is 0.412 e. The van der Waals surface area contributed by atoms with E-state index in [2.05, 4.69) is 17.2 Å². The number of carbonyl (C=O) groups is 3. The maximum atomic E-state index is 12.8. The van der Waals surface area contributed by atoms with Gasteiger partial charge in [-0.25, -0.2) is 14.4 Å². The van der Waals surface area contributed by atoms with Crippen molar-refractivity contribution < 1.29 is 28.6 Å². The molecule has 0 atom stereocenters. The highest BCUT2D eigenvalue weighted by Crippen LogP contribution is 2.45. The van der Waals surface area contributed by atoms with E-state index in [0.29, 0.717) is 23.4 Å². The number of fused-ring (bicyclic) bond motifs is 2. The van der Waals surface area contributed by atoms with Gasteiger partial charge in [0.05, 0.1) is 6.54 Å². The number of hydrogen-bond donors (Lipinski definition) is 2. The highest BCUT2D eigenvalue weighted by Gasteiger charge is 2.22. The van der Waals surface area contributed by atoms with Crippen LogP contribution in [-0.2, 0) is 9.53 Å². The number of benzene rings is 4. The first-order chi connectivity index (χ1) is 19.4. The second kappa shape index (κ2) is 13.3. The summed E-state index contributed by atoms with van der Waals surface area (Å²) >= 11 is 0. The quantitative estimate of drug-likeness (QED) is 0.131. The van der Waals surface area contributed by atoms with Crippen molar-refractivity contribution in [2.45, 2.75) is 26.7 Å². The number of nitrogens with one attached hydrogen (secondary N) is 2. The first-order valence-electron chi connectivity index (χ1n) is 13.2. The third-order valence-corrected chi connectivity index (χ3v) is 6.19. The molecule has 0 heterocycles. The first kappa shape index (κ1) is 28.2. The van der Waals surface area contributed by atoms with Crippen molar-refractivity contribution in [2.24, 2.45) is 0 Å². The predicted molar refractivity (Wildman–Crippen MR) is 156 cm³/mol. The van der Waals surface area contributed by atoms with Gasteiger partial charge in [0.1, 0.15) is 18.1 Å². The Bertz CT molecular complexity index is 1560. The molecule has 0 aliphatic carbocycles. The van der Waals surface area contributed by atoms with Gasteiger partial charge in [0.2, 0.25) is 0 Å². The number of esters is 1. The van der Waals surface area contributed by atoms with Crippen LogP contribution in [0.15, 0.2) is 84.9 Å². The van der Waals surface area contributed by atoms with Gasteiger partial charge in [0, 0.05) is 23.2 Å². The van der Waals surface area contributed by atoms with Crippen LogP contribution < -0.4 is 20.1 Å². The Balaban J connectivity index is 1.73. The molecule has 0 fully saturated rings. The van der Waals surface area contributed by atoms with Gasteiger partial charge in [-0.1, -0.05) is 80.6 Å². The molecule has 0 spiro atoms. The Kier molecular flexibility index (Phi) is 9.35. The summed E-state index contributed by atoms with van der Waals surface area (Å²) in [5.74, 6) is 0.0814. The van der Waals surface area contributed by atoms with Gasteiger partial charge < -0.3 is 24.8 Å². The molecule has 40 heavy (non-hydrogen) atoms. The molecule has 8 heteroatoms. The standard InChI is InChI=1S/C32H32N2O6/c1-4-5-18-33-31(36)39-26-16-14-22-10-6-8-12-24(22)28(26)29-25-13-9-7-11-23(25)15-17-27(29)40-32(37)34-19-20-38-30(35)21(2)3/h6-17H,2,4-5,18-20H2,1,3H3,(H,33,36)(H,34,37). The highest BCUT2D eigenvalue weighted by molar-refractivity contribution is 6.10. The average molecular weight is 541 g/mol. The van der Waals surface area contributed by atoms with Crippen molar-refractivity contribution in [3.05, 3.63) is 84.9 Å². The van der Waals surface area contributed by atoms with Gasteiger partial charge in [-0.05, 0) is 47.0 Å². The number of rotatable bonds is 10. The summed E-state index contributed by atoms with van der Waals surface area (Å²) < 4.78 is 16.6. The maximum Gasteiger partial charge on any atom is 0.412 e. The van der Waals surface area contributed by atoms with E-state index in [-0.39, 0.29) is 24.5 Å². The Morgan fingerprint density at radius 3 is 1.73 bits per heavy atom. The summed E-state index contributed by atoms with van der Waals surface area (Å²) in [6.45, 7) is 7.65. The Morgan fingerprint density at radius 2 is 1.23 bits per heavy atom. The molecule has 4 rings (SSSR count). The summed E-state index contributed by atoms with van der Waals surface area (Å²) in [6.07, 6.45) is 0.497. The second-order valence-corrected chi connectivity index (χ2v) is 9.22. The van der Waals surface area contributed by atoms with Crippen LogP contribution >= 0.6 is 0 Å². The highest BCUT2D eigenvalue weighted by atomic mass is 16.6. The minimum Gasteiger partial charge on any atom is -0.460 e. The zero-order valence-corrected chi connectivity index (χ0v) is 22.6. The van der Waals surface area contributed by atoms with Crippen LogP contribution in [0.3, 0.4) is 0 Å². The van der Waals surface area contributed by atoms with Crippen molar-refractivity contribution in [2.75, 3.05) is 19.7 Å². The summed E-state index contributed by atoms with van der Waals surface area (Å²) in [6, 6.07) is 22.7. The topological polar surface area (TPSA) is 103 Å². The van der Waals surface area contributed by atoms with Gasteiger partial charge in [-0.2, -0.15) is 0 Å². The van der Waals surface area contributed by atoms with E-state index in [1.54, 1.807) is 19.1 Å². The van der Waals surface area contributed by atoms with E-state index in [4.69, 9.17) is 14.2 Å². The van der Waals surface area contributed by atoms with E-state index in [1.165, 1.54) is 0 Å². The zero-order chi connectivity index (χ0) is 28.5. The van der Waals surface area contributed by atoms with E-state index in [0.717, 1.165) is 34.4 Å². The van der Waals surface area contributed by atoms with Crippen LogP contribution in [0.1, 0.15) is 26.7 Å². The third kappa shape index (κ3) is 6.77. The van der Waals surface area contributed by atoms with Crippen LogP contribution in [0.5, 0.6) is 11.5 Å². The van der Waals surface area contributed by atoms with Crippen molar-refractivity contribution in [1.82, 2.24) is 10.6 Å². The Labute approximate surface area is 232 Å². The lowest BCUT2D eigenvalue weighted by Gasteiger charge is -2.19. The molecular weight excluding hydrogens is 508 g/mol. The monoisotopic (exact) mass is 540 g/mol. The van der Waals surface area contributed by atoms with Crippen LogP contribution in [0.4, 0.5) is 9.59 Å². The molecule has 0 radical (unpaired) electrons. The lowest BCUT2D eigenvalue weighted by Crippen LogP contribution is -2.30. The number of hydrogen-bond acceptors (Lipinski definition) is 6. The third-order valence-electron chi connectivity index (χ3n) is 6.19. The fourth-order valence-electron chi connectivity index (χ4n) is 4.25. The lowest BCUT2D eigenvalue weighted by atomic mass is 9.92. The summed E-state index contributed by atoms with van der Waals surface area (Å²) in [7, 11) is 0. The molecule has 0 saturated heterocycles. The Hall–Kier alpha value is -4.85. The lowest BCUT2D eigenvalue weighted by molar-refractivity contribution is -0.138. The van der Waals surface area contributed by atoms with Crippen LogP contribution in [-0.4, -0.2) is 37.9 Å². The minimum absolute atomic E-state index is 0.0280. The van der Waals surface area contributed by atoms with Gasteiger partial charge in [0.15, 0.2) is 0 Å². The van der Waals surface area contributed by atoms with Gasteiger partial charge >= 0.3 is 18.2 Å². The van der Waals surface area contributed by atoms with E-state index < -0.39 is 18.2 Å². The van der Waals surface area contributed by atoms with Crippen LogP contribution in [0.2, 0.25) is 0 Å². The Morgan fingerprint density at radius 1 is 0.725 bits per heavy atom. The molecule has 0 saturated carbocycles. The zero-order valence-electron chi connectivity index (χ0n) is 22.6. The molecule has 2 N–H and O–H groups in total. The summed E-state index contributed by atoms with van der Waals surface area (Å²) in [5.41, 5.74) is 1.50. The molecule has 0 aliphatic heterocycles. The van der Waals surface area contributed by atoms with Crippen molar-refractivity contribution >= 4 is 39.7 Å². The SMILES string of the molecule is C=C(C)C(=O)OCCNC(=O)Oc1ccc2ccccc2c1-c1c(OC(=O)NCCCC)ccc2ccccc12. The molecule has 0 aliphatic rings. The number of ether oxygens (including phenoxy) is 3. The molecular formula is C32H32N2O6. The fourth-order valence-corrected chi connectivity index (χ4v) is 4.25. The molecule has 0 bridgehead atoms. The normalized spacial score (nSPS) is 10.7. The number of amides is 2. The van der Waals surface area contributed by atoms with Gasteiger partial charge in [-0.3, -0.25) is 0 Å². The van der Waals surface area contributed by atoms with Crippen LogP contribution in [0, 0.1) is 0 Å². The fraction of sp³-hybridized carbons (Fsp3) is 0.219. The van der Waals surface area contributed by atoms with Gasteiger partial charge in [0.25, 0.3) is 0 Å². The maximum absolute atomic E-state index is 12.8. The van der Waals surface area contributed by atoms with E-state index in [9.17, 15) is 14.4 Å².